The van der Waals surface area contributed by atoms with Gasteiger partial charge in [0.2, 0.25) is 0 Å². The number of carbonyl (C=O) groups is 1. The molecular weight excluding hydrogens is 256 g/mol. The molecule has 1 unspecified atom stereocenters. The topological polar surface area (TPSA) is 82.5 Å². The van der Waals surface area contributed by atoms with Crippen molar-refractivity contribution >= 4 is 5.97 Å². The van der Waals surface area contributed by atoms with Gasteiger partial charge in [-0.25, -0.2) is 9.78 Å². The molecule has 0 saturated carbocycles. The summed E-state index contributed by atoms with van der Waals surface area (Å²) >= 11 is 0. The fourth-order valence-corrected chi connectivity index (χ4v) is 1.90. The van der Waals surface area contributed by atoms with Crippen molar-refractivity contribution in [3.8, 4) is 0 Å². The Morgan fingerprint density at radius 1 is 1.15 bits per heavy atom. The average molecular weight is 272 g/mol. The summed E-state index contributed by atoms with van der Waals surface area (Å²) < 4.78 is 0. The quantitative estimate of drug-likeness (QED) is 0.744. The summed E-state index contributed by atoms with van der Waals surface area (Å²) in [5.74, 6) is -1.05. The van der Waals surface area contributed by atoms with E-state index < -0.39 is 5.97 Å². The van der Waals surface area contributed by atoms with Crippen LogP contribution in [-0.4, -0.2) is 27.8 Å². The van der Waals surface area contributed by atoms with Gasteiger partial charge in [0.05, 0.1) is 18.3 Å². The molecule has 0 fully saturated rings. The van der Waals surface area contributed by atoms with Gasteiger partial charge in [0, 0.05) is 6.54 Å². The van der Waals surface area contributed by atoms with Crippen LogP contribution >= 0.6 is 0 Å². The molecule has 0 aliphatic heterocycles. The van der Waals surface area contributed by atoms with Crippen LogP contribution in [0.2, 0.25) is 0 Å². The molecule has 5 heteroatoms. The van der Waals surface area contributed by atoms with E-state index in [1.807, 2.05) is 30.3 Å². The number of hydrogen-bond donors (Lipinski definition) is 3. The zero-order valence-corrected chi connectivity index (χ0v) is 10.9. The van der Waals surface area contributed by atoms with Crippen molar-refractivity contribution < 1.29 is 15.0 Å². The molecule has 0 spiro atoms. The molecule has 0 aliphatic carbocycles. The predicted octanol–water partition coefficient (Wildman–Crippen LogP) is 1.60. The summed E-state index contributed by atoms with van der Waals surface area (Å²) in [5.41, 5.74) is 1.62. The number of carboxylic acid groups (broad SMARTS) is 1. The van der Waals surface area contributed by atoms with Crippen molar-refractivity contribution in [1.29, 1.82) is 0 Å². The minimum atomic E-state index is -1.05. The summed E-state index contributed by atoms with van der Waals surface area (Å²) in [6.45, 7) is 0.351. The number of aromatic nitrogens is 1. The minimum absolute atomic E-state index is 0.0181. The number of aromatic carboxylic acids is 1. The lowest BCUT2D eigenvalue weighted by Crippen LogP contribution is -2.24. The molecule has 1 heterocycles. The maximum atomic E-state index is 10.8. The average Bonchev–Trinajstić information content (AvgIpc) is 2.49. The third-order valence-corrected chi connectivity index (χ3v) is 2.94. The van der Waals surface area contributed by atoms with E-state index in [2.05, 4.69) is 10.3 Å². The highest BCUT2D eigenvalue weighted by Crippen LogP contribution is 2.12. The van der Waals surface area contributed by atoms with Gasteiger partial charge in [-0.1, -0.05) is 36.4 Å². The second kappa shape index (κ2) is 6.79. The van der Waals surface area contributed by atoms with Crippen LogP contribution in [0.25, 0.3) is 0 Å². The lowest BCUT2D eigenvalue weighted by atomic mass is 10.1. The Morgan fingerprint density at radius 3 is 2.55 bits per heavy atom. The molecule has 0 bridgehead atoms. The Labute approximate surface area is 116 Å². The molecule has 0 aliphatic rings. The van der Waals surface area contributed by atoms with Gasteiger partial charge >= 0.3 is 5.97 Å². The van der Waals surface area contributed by atoms with E-state index in [9.17, 15) is 9.90 Å². The molecule has 104 valence electrons. The molecule has 0 radical (unpaired) electrons. The first-order valence-electron chi connectivity index (χ1n) is 6.29. The van der Waals surface area contributed by atoms with E-state index in [0.717, 1.165) is 5.56 Å². The first-order valence-corrected chi connectivity index (χ1v) is 6.29. The standard InChI is InChI=1S/C15H16N2O3/c18-10-14(11-5-2-1-3-6-11)16-9-12-7-4-8-13(17-12)15(19)20/h1-8,14,16,18H,9-10H2,(H,19,20). The number of hydrogen-bond acceptors (Lipinski definition) is 4. The number of nitrogens with one attached hydrogen (secondary N) is 1. The Morgan fingerprint density at radius 2 is 1.90 bits per heavy atom. The molecule has 2 rings (SSSR count). The fourth-order valence-electron chi connectivity index (χ4n) is 1.90. The van der Waals surface area contributed by atoms with Gasteiger partial charge in [-0.3, -0.25) is 0 Å². The van der Waals surface area contributed by atoms with E-state index in [1.165, 1.54) is 6.07 Å². The Bertz CT molecular complexity index is 572. The third kappa shape index (κ3) is 3.63. The second-order valence-electron chi connectivity index (χ2n) is 4.35. The van der Waals surface area contributed by atoms with Crippen molar-refractivity contribution in [1.82, 2.24) is 10.3 Å². The summed E-state index contributed by atoms with van der Waals surface area (Å²) in [5, 5.41) is 21.5. The maximum Gasteiger partial charge on any atom is 0.354 e. The van der Waals surface area contributed by atoms with Crippen LogP contribution in [0.3, 0.4) is 0 Å². The van der Waals surface area contributed by atoms with Crippen LogP contribution in [-0.2, 0) is 6.54 Å². The number of pyridine rings is 1. The van der Waals surface area contributed by atoms with E-state index in [-0.39, 0.29) is 18.3 Å². The van der Waals surface area contributed by atoms with Crippen molar-refractivity contribution in [3.05, 3.63) is 65.5 Å². The SMILES string of the molecule is O=C(O)c1cccc(CNC(CO)c2ccccc2)n1. The molecule has 2 aromatic rings. The van der Waals surface area contributed by atoms with Gasteiger partial charge in [0.25, 0.3) is 0 Å². The zero-order valence-electron chi connectivity index (χ0n) is 10.9. The van der Waals surface area contributed by atoms with E-state index in [4.69, 9.17) is 5.11 Å². The number of aliphatic hydroxyl groups excluding tert-OH is 1. The highest BCUT2D eigenvalue weighted by atomic mass is 16.4. The summed E-state index contributed by atoms with van der Waals surface area (Å²) in [7, 11) is 0. The maximum absolute atomic E-state index is 10.8. The monoisotopic (exact) mass is 272 g/mol. The van der Waals surface area contributed by atoms with Crippen LogP contribution in [0.4, 0.5) is 0 Å². The predicted molar refractivity (Wildman–Crippen MR) is 74.3 cm³/mol. The van der Waals surface area contributed by atoms with Gasteiger partial charge in [-0.15, -0.1) is 0 Å². The Kier molecular flexibility index (Phi) is 4.81. The van der Waals surface area contributed by atoms with Crippen molar-refractivity contribution in [3.63, 3.8) is 0 Å². The summed E-state index contributed by atoms with van der Waals surface area (Å²) in [6.07, 6.45) is 0. The van der Waals surface area contributed by atoms with Crippen LogP contribution in [0.5, 0.6) is 0 Å². The number of aliphatic hydroxyl groups is 1. The summed E-state index contributed by atoms with van der Waals surface area (Å²) in [6, 6.07) is 14.2. The first kappa shape index (κ1) is 14.2. The van der Waals surface area contributed by atoms with Gasteiger partial charge in [-0.2, -0.15) is 0 Å². The van der Waals surface area contributed by atoms with E-state index in [1.54, 1.807) is 12.1 Å². The van der Waals surface area contributed by atoms with Crippen LogP contribution < -0.4 is 5.32 Å². The lowest BCUT2D eigenvalue weighted by Gasteiger charge is -2.16. The van der Waals surface area contributed by atoms with Gasteiger partial charge in [0.1, 0.15) is 5.69 Å². The van der Waals surface area contributed by atoms with Crippen molar-refractivity contribution in [2.45, 2.75) is 12.6 Å². The van der Waals surface area contributed by atoms with Gasteiger partial charge < -0.3 is 15.5 Å². The zero-order chi connectivity index (χ0) is 14.4. The Hall–Kier alpha value is -2.24. The molecule has 0 saturated heterocycles. The number of carboxylic acids is 1. The van der Waals surface area contributed by atoms with Crippen LogP contribution in [0.1, 0.15) is 27.8 Å². The highest BCUT2D eigenvalue weighted by Gasteiger charge is 2.10. The van der Waals surface area contributed by atoms with Crippen molar-refractivity contribution in [2.75, 3.05) is 6.61 Å². The molecule has 20 heavy (non-hydrogen) atoms. The van der Waals surface area contributed by atoms with E-state index in [0.29, 0.717) is 12.2 Å². The van der Waals surface area contributed by atoms with Crippen molar-refractivity contribution in [2.24, 2.45) is 0 Å². The molecule has 0 amide bonds. The largest absolute Gasteiger partial charge is 0.477 e. The summed E-state index contributed by atoms with van der Waals surface area (Å²) in [4.78, 5) is 14.9. The van der Waals surface area contributed by atoms with Gasteiger partial charge in [0.15, 0.2) is 0 Å². The number of rotatable bonds is 6. The molecular formula is C15H16N2O3. The number of benzene rings is 1. The lowest BCUT2D eigenvalue weighted by molar-refractivity contribution is 0.0690. The number of nitrogens with zero attached hydrogens (tertiary/aromatic N) is 1. The smallest absolute Gasteiger partial charge is 0.354 e. The molecule has 1 atom stereocenters. The minimum Gasteiger partial charge on any atom is -0.477 e. The first-order chi connectivity index (χ1) is 9.70. The van der Waals surface area contributed by atoms with Gasteiger partial charge in [-0.05, 0) is 17.7 Å². The second-order valence-corrected chi connectivity index (χ2v) is 4.35. The van der Waals surface area contributed by atoms with Crippen LogP contribution in [0.15, 0.2) is 48.5 Å². The fraction of sp³-hybridized carbons (Fsp3) is 0.200. The molecule has 5 nitrogen and oxygen atoms in total. The molecule has 1 aromatic carbocycles. The third-order valence-electron chi connectivity index (χ3n) is 2.94. The van der Waals surface area contributed by atoms with E-state index >= 15 is 0 Å². The Balaban J connectivity index is 2.03. The molecule has 3 N–H and O–H groups in total. The molecule has 1 aromatic heterocycles. The highest BCUT2D eigenvalue weighted by molar-refractivity contribution is 5.85. The normalized spacial score (nSPS) is 12.1. The van der Waals surface area contributed by atoms with Crippen LogP contribution in [0, 0.1) is 0 Å².